The first-order valence-electron chi connectivity index (χ1n) is 6.86. The summed E-state index contributed by atoms with van der Waals surface area (Å²) in [5, 5.41) is 3.62. The average Bonchev–Trinajstić information content (AvgIpc) is 2.66. The second-order valence-corrected chi connectivity index (χ2v) is 6.04. The Morgan fingerprint density at radius 3 is 2.56 bits per heavy atom. The molecule has 1 aliphatic rings. The van der Waals surface area contributed by atoms with Gasteiger partial charge in [0.15, 0.2) is 0 Å². The highest BCUT2D eigenvalue weighted by Crippen LogP contribution is 2.35. The van der Waals surface area contributed by atoms with Crippen molar-refractivity contribution in [3.63, 3.8) is 0 Å². The molecule has 1 rings (SSSR count). The van der Waals surface area contributed by atoms with Crippen LogP contribution in [-0.2, 0) is 4.74 Å². The summed E-state index contributed by atoms with van der Waals surface area (Å²) in [6, 6.07) is 0. The fourth-order valence-electron chi connectivity index (χ4n) is 2.53. The van der Waals surface area contributed by atoms with Crippen molar-refractivity contribution < 1.29 is 4.74 Å². The molecule has 0 aromatic carbocycles. The Kier molecular flexibility index (Phi) is 5.77. The third kappa shape index (κ3) is 4.42. The Morgan fingerprint density at radius 1 is 1.31 bits per heavy atom. The number of nitrogens with one attached hydrogen (secondary N) is 1. The number of hydrogen-bond acceptors (Lipinski definition) is 2. The van der Waals surface area contributed by atoms with Crippen molar-refractivity contribution in [2.75, 3.05) is 26.3 Å². The van der Waals surface area contributed by atoms with Crippen molar-refractivity contribution in [1.82, 2.24) is 5.32 Å². The van der Waals surface area contributed by atoms with Crippen LogP contribution in [0.5, 0.6) is 0 Å². The lowest BCUT2D eigenvalue weighted by molar-refractivity contribution is 0.131. The van der Waals surface area contributed by atoms with Crippen molar-refractivity contribution in [1.29, 1.82) is 0 Å². The van der Waals surface area contributed by atoms with E-state index >= 15 is 0 Å². The van der Waals surface area contributed by atoms with Gasteiger partial charge in [0.1, 0.15) is 0 Å². The van der Waals surface area contributed by atoms with Crippen molar-refractivity contribution in [2.45, 2.75) is 47.0 Å². The lowest BCUT2D eigenvalue weighted by Gasteiger charge is -2.30. The smallest absolute Gasteiger partial charge is 0.0535 e. The van der Waals surface area contributed by atoms with Gasteiger partial charge in [0.25, 0.3) is 0 Å². The predicted octanol–water partition coefficient (Wildman–Crippen LogP) is 3.07. The molecular formula is C14H29NO. The maximum absolute atomic E-state index is 5.62. The van der Waals surface area contributed by atoms with Gasteiger partial charge in [-0.2, -0.15) is 0 Å². The highest BCUT2D eigenvalue weighted by molar-refractivity contribution is 4.86. The maximum Gasteiger partial charge on any atom is 0.0535 e. The van der Waals surface area contributed by atoms with Crippen LogP contribution in [0, 0.1) is 17.3 Å². The highest BCUT2D eigenvalue weighted by Gasteiger charge is 2.35. The zero-order valence-corrected chi connectivity index (χ0v) is 11.5. The van der Waals surface area contributed by atoms with Crippen LogP contribution >= 0.6 is 0 Å². The third-order valence-corrected chi connectivity index (χ3v) is 3.72. The third-order valence-electron chi connectivity index (χ3n) is 3.72. The molecule has 0 radical (unpaired) electrons. The van der Waals surface area contributed by atoms with E-state index in [0.29, 0.717) is 5.41 Å². The van der Waals surface area contributed by atoms with Crippen molar-refractivity contribution in [3.05, 3.63) is 0 Å². The van der Waals surface area contributed by atoms with Crippen LogP contribution < -0.4 is 5.32 Å². The molecule has 2 nitrogen and oxygen atoms in total. The van der Waals surface area contributed by atoms with E-state index in [9.17, 15) is 0 Å². The van der Waals surface area contributed by atoms with Crippen molar-refractivity contribution in [3.8, 4) is 0 Å². The summed E-state index contributed by atoms with van der Waals surface area (Å²) < 4.78 is 5.62. The predicted molar refractivity (Wildman–Crippen MR) is 69.6 cm³/mol. The van der Waals surface area contributed by atoms with Gasteiger partial charge in [-0.25, -0.2) is 0 Å². The van der Waals surface area contributed by atoms with E-state index in [1.54, 1.807) is 0 Å². The Morgan fingerprint density at radius 2 is 2.06 bits per heavy atom. The van der Waals surface area contributed by atoms with Crippen LogP contribution in [0.1, 0.15) is 47.0 Å². The molecule has 0 saturated carbocycles. The average molecular weight is 227 g/mol. The van der Waals surface area contributed by atoms with Gasteiger partial charge in [-0.3, -0.25) is 0 Å². The first-order valence-corrected chi connectivity index (χ1v) is 6.86. The first-order chi connectivity index (χ1) is 7.58. The summed E-state index contributed by atoms with van der Waals surface area (Å²) in [6.45, 7) is 13.4. The summed E-state index contributed by atoms with van der Waals surface area (Å²) in [4.78, 5) is 0. The molecule has 2 unspecified atom stereocenters. The molecule has 1 fully saturated rings. The Bertz CT molecular complexity index is 185. The molecule has 1 aliphatic heterocycles. The minimum atomic E-state index is 0.421. The molecule has 2 atom stereocenters. The van der Waals surface area contributed by atoms with Crippen LogP contribution in [-0.4, -0.2) is 26.3 Å². The second-order valence-electron chi connectivity index (χ2n) is 6.04. The zero-order chi connectivity index (χ0) is 12.0. The molecule has 0 aromatic heterocycles. The zero-order valence-electron chi connectivity index (χ0n) is 11.5. The molecular weight excluding hydrogens is 198 g/mol. The molecule has 1 heterocycles. The Labute approximate surface area is 101 Å². The summed E-state index contributed by atoms with van der Waals surface area (Å²) in [5.74, 6) is 1.56. The monoisotopic (exact) mass is 227 g/mol. The van der Waals surface area contributed by atoms with Crippen LogP contribution in [0.15, 0.2) is 0 Å². The van der Waals surface area contributed by atoms with E-state index in [-0.39, 0.29) is 0 Å². The fourth-order valence-corrected chi connectivity index (χ4v) is 2.53. The van der Waals surface area contributed by atoms with E-state index in [1.165, 1.54) is 19.3 Å². The number of ether oxygens (including phenoxy) is 1. The van der Waals surface area contributed by atoms with Gasteiger partial charge in [-0.05, 0) is 31.2 Å². The lowest BCUT2D eigenvalue weighted by atomic mass is 9.78. The van der Waals surface area contributed by atoms with E-state index in [0.717, 1.165) is 38.1 Å². The van der Waals surface area contributed by atoms with Crippen LogP contribution in [0.4, 0.5) is 0 Å². The van der Waals surface area contributed by atoms with E-state index in [4.69, 9.17) is 4.74 Å². The SMILES string of the molecule is CCC(C)CC1(CNCC(C)C)CCOC1. The van der Waals surface area contributed by atoms with Gasteiger partial charge in [-0.15, -0.1) is 0 Å². The molecule has 0 spiro atoms. The minimum Gasteiger partial charge on any atom is -0.381 e. The normalized spacial score (nSPS) is 27.6. The topological polar surface area (TPSA) is 21.3 Å². The minimum absolute atomic E-state index is 0.421. The van der Waals surface area contributed by atoms with E-state index in [2.05, 4.69) is 33.0 Å². The Balaban J connectivity index is 2.39. The second kappa shape index (κ2) is 6.61. The van der Waals surface area contributed by atoms with Crippen molar-refractivity contribution >= 4 is 0 Å². The number of hydrogen-bond donors (Lipinski definition) is 1. The summed E-state index contributed by atoms with van der Waals surface area (Å²) in [6.07, 6.45) is 3.84. The molecule has 96 valence electrons. The molecule has 0 bridgehead atoms. The van der Waals surface area contributed by atoms with Gasteiger partial charge in [0.05, 0.1) is 6.61 Å². The van der Waals surface area contributed by atoms with Gasteiger partial charge in [0.2, 0.25) is 0 Å². The van der Waals surface area contributed by atoms with Crippen LogP contribution in [0.2, 0.25) is 0 Å². The van der Waals surface area contributed by atoms with Crippen molar-refractivity contribution in [2.24, 2.45) is 17.3 Å². The van der Waals surface area contributed by atoms with Gasteiger partial charge >= 0.3 is 0 Å². The lowest BCUT2D eigenvalue weighted by Crippen LogP contribution is -2.37. The standard InChI is InChI=1S/C14H29NO/c1-5-13(4)8-14(6-7-16-11-14)10-15-9-12(2)3/h12-13,15H,5-11H2,1-4H3. The van der Waals surface area contributed by atoms with Gasteiger partial charge < -0.3 is 10.1 Å². The fraction of sp³-hybridized carbons (Fsp3) is 1.00. The van der Waals surface area contributed by atoms with Crippen LogP contribution in [0.25, 0.3) is 0 Å². The Hall–Kier alpha value is -0.0800. The van der Waals surface area contributed by atoms with Crippen LogP contribution in [0.3, 0.4) is 0 Å². The molecule has 0 aromatic rings. The molecule has 1 saturated heterocycles. The van der Waals surface area contributed by atoms with E-state index in [1.807, 2.05) is 0 Å². The largest absolute Gasteiger partial charge is 0.381 e. The summed E-state index contributed by atoms with van der Waals surface area (Å²) in [7, 11) is 0. The van der Waals surface area contributed by atoms with E-state index < -0.39 is 0 Å². The summed E-state index contributed by atoms with van der Waals surface area (Å²) >= 11 is 0. The molecule has 16 heavy (non-hydrogen) atoms. The molecule has 0 aliphatic carbocycles. The number of rotatable bonds is 7. The molecule has 0 amide bonds. The van der Waals surface area contributed by atoms with Gasteiger partial charge in [-0.1, -0.05) is 34.1 Å². The maximum atomic E-state index is 5.62. The quantitative estimate of drug-likeness (QED) is 0.721. The van der Waals surface area contributed by atoms with Gasteiger partial charge in [0, 0.05) is 18.6 Å². The summed E-state index contributed by atoms with van der Waals surface area (Å²) in [5.41, 5.74) is 0.421. The molecule has 1 N–H and O–H groups in total. The molecule has 2 heteroatoms. The highest BCUT2D eigenvalue weighted by atomic mass is 16.5. The first kappa shape index (κ1) is 14.0.